The van der Waals surface area contributed by atoms with Crippen molar-refractivity contribution >= 4 is 17.5 Å². The number of benzene rings is 2. The molecule has 3 aromatic rings. The summed E-state index contributed by atoms with van der Waals surface area (Å²) in [5, 5.41) is 6.92. The zero-order valence-corrected chi connectivity index (χ0v) is 20.3. The summed E-state index contributed by atoms with van der Waals surface area (Å²) in [7, 11) is 1.64. The molecule has 1 aliphatic heterocycles. The fourth-order valence-electron chi connectivity index (χ4n) is 4.35. The molecule has 8 nitrogen and oxygen atoms in total. The lowest BCUT2D eigenvalue weighted by Crippen LogP contribution is -2.44. The van der Waals surface area contributed by atoms with Gasteiger partial charge < -0.3 is 14.7 Å². The van der Waals surface area contributed by atoms with Gasteiger partial charge in [-0.05, 0) is 56.5 Å². The number of likely N-dealkylation sites (N-methyl/N-ethyl adjacent to an activating group) is 1. The number of rotatable bonds is 7. The minimum absolute atomic E-state index is 0.0102. The number of anilines is 1. The molecule has 1 N–H and O–H groups in total. The molecule has 2 heterocycles. The second-order valence-electron chi connectivity index (χ2n) is 9.11. The molecule has 0 aliphatic carbocycles. The first-order valence-corrected chi connectivity index (χ1v) is 11.7. The lowest BCUT2D eigenvalue weighted by Gasteiger charge is -2.31. The number of nitrogens with zero attached hydrogens (tertiary/aromatic N) is 4. The number of para-hydroxylation sites is 1. The summed E-state index contributed by atoms with van der Waals surface area (Å²) < 4.78 is 19.0. The highest BCUT2D eigenvalue weighted by atomic mass is 19.1. The monoisotopic (exact) mass is 479 g/mol. The van der Waals surface area contributed by atoms with Crippen molar-refractivity contribution in [3.63, 3.8) is 0 Å². The summed E-state index contributed by atoms with van der Waals surface area (Å²) in [6.07, 6.45) is 1.75. The molecule has 1 saturated heterocycles. The number of carbonyl (C=O) groups excluding carboxylic acids is 2. The van der Waals surface area contributed by atoms with Crippen molar-refractivity contribution in [3.05, 3.63) is 65.3 Å². The summed E-state index contributed by atoms with van der Waals surface area (Å²) in [6.45, 7) is 5.43. The van der Waals surface area contributed by atoms with Crippen LogP contribution in [0.5, 0.6) is 0 Å². The Morgan fingerprint density at radius 2 is 1.94 bits per heavy atom. The van der Waals surface area contributed by atoms with E-state index in [2.05, 4.69) is 15.5 Å². The van der Waals surface area contributed by atoms with Gasteiger partial charge in [-0.2, -0.15) is 4.98 Å². The molecule has 1 atom stereocenters. The van der Waals surface area contributed by atoms with Crippen LogP contribution in [0.2, 0.25) is 0 Å². The summed E-state index contributed by atoms with van der Waals surface area (Å²) in [6, 6.07) is 11.9. The van der Waals surface area contributed by atoms with E-state index < -0.39 is 0 Å². The smallest absolute Gasteiger partial charge is 0.243 e. The SMILES string of the molecule is Cc1cccc(C)c1NC(=O)CN(C)C(=O)CN1CCCC(c2nc(-c3cccc(F)c3)no2)C1. The van der Waals surface area contributed by atoms with Crippen LogP contribution in [0, 0.1) is 19.7 Å². The van der Waals surface area contributed by atoms with Gasteiger partial charge >= 0.3 is 0 Å². The number of carbonyl (C=O) groups is 2. The molecule has 0 bridgehead atoms. The molecular weight excluding hydrogens is 449 g/mol. The van der Waals surface area contributed by atoms with Gasteiger partial charge in [0.1, 0.15) is 5.82 Å². The van der Waals surface area contributed by atoms with Crippen LogP contribution < -0.4 is 5.32 Å². The normalized spacial score (nSPS) is 16.2. The zero-order chi connectivity index (χ0) is 24.9. The highest BCUT2D eigenvalue weighted by Gasteiger charge is 2.28. The number of aryl methyl sites for hydroxylation is 2. The Bertz CT molecular complexity index is 1190. The molecule has 2 aromatic carbocycles. The molecule has 0 saturated carbocycles. The van der Waals surface area contributed by atoms with Crippen molar-refractivity contribution < 1.29 is 18.5 Å². The lowest BCUT2D eigenvalue weighted by molar-refractivity contribution is -0.134. The van der Waals surface area contributed by atoms with E-state index in [0.29, 0.717) is 23.8 Å². The highest BCUT2D eigenvalue weighted by molar-refractivity contribution is 5.95. The molecule has 2 amide bonds. The Hall–Kier alpha value is -3.59. The fraction of sp³-hybridized carbons (Fsp3) is 0.385. The van der Waals surface area contributed by atoms with E-state index in [1.54, 1.807) is 19.2 Å². The average Bonchev–Trinajstić information content (AvgIpc) is 3.32. The van der Waals surface area contributed by atoms with Gasteiger partial charge in [-0.3, -0.25) is 14.5 Å². The Kier molecular flexibility index (Phi) is 7.55. The number of hydrogen-bond acceptors (Lipinski definition) is 6. The molecule has 184 valence electrons. The minimum atomic E-state index is -0.358. The van der Waals surface area contributed by atoms with Crippen molar-refractivity contribution in [2.45, 2.75) is 32.6 Å². The molecule has 1 aliphatic rings. The minimum Gasteiger partial charge on any atom is -0.339 e. The van der Waals surface area contributed by atoms with Crippen LogP contribution in [-0.2, 0) is 9.59 Å². The zero-order valence-electron chi connectivity index (χ0n) is 20.3. The second kappa shape index (κ2) is 10.8. The van der Waals surface area contributed by atoms with Crippen LogP contribution in [0.1, 0.15) is 35.8 Å². The summed E-state index contributed by atoms with van der Waals surface area (Å²) in [4.78, 5) is 33.3. The summed E-state index contributed by atoms with van der Waals surface area (Å²) in [5.41, 5.74) is 3.31. The molecule has 1 unspecified atom stereocenters. The van der Waals surface area contributed by atoms with Gasteiger partial charge in [0.15, 0.2) is 0 Å². The van der Waals surface area contributed by atoms with Crippen molar-refractivity contribution in [2.24, 2.45) is 0 Å². The largest absolute Gasteiger partial charge is 0.339 e. The number of hydrogen-bond donors (Lipinski definition) is 1. The van der Waals surface area contributed by atoms with Crippen LogP contribution >= 0.6 is 0 Å². The van der Waals surface area contributed by atoms with Crippen molar-refractivity contribution in [1.29, 1.82) is 0 Å². The van der Waals surface area contributed by atoms with E-state index in [-0.39, 0.29) is 36.6 Å². The Balaban J connectivity index is 1.31. The third-order valence-corrected chi connectivity index (χ3v) is 6.29. The van der Waals surface area contributed by atoms with Crippen LogP contribution in [0.4, 0.5) is 10.1 Å². The van der Waals surface area contributed by atoms with E-state index in [1.165, 1.54) is 17.0 Å². The number of nitrogens with one attached hydrogen (secondary N) is 1. The molecule has 0 radical (unpaired) electrons. The number of halogens is 1. The summed E-state index contributed by atoms with van der Waals surface area (Å²) in [5.74, 6) is 0.107. The Morgan fingerprint density at radius 1 is 1.20 bits per heavy atom. The van der Waals surface area contributed by atoms with Crippen LogP contribution in [0.15, 0.2) is 47.0 Å². The highest BCUT2D eigenvalue weighted by Crippen LogP contribution is 2.28. The first-order valence-electron chi connectivity index (χ1n) is 11.7. The van der Waals surface area contributed by atoms with Gasteiger partial charge in [-0.1, -0.05) is 35.5 Å². The predicted octanol–water partition coefficient (Wildman–Crippen LogP) is 3.77. The van der Waals surface area contributed by atoms with Gasteiger partial charge in [0, 0.05) is 24.8 Å². The summed E-state index contributed by atoms with van der Waals surface area (Å²) >= 11 is 0. The molecule has 35 heavy (non-hydrogen) atoms. The molecule has 4 rings (SSSR count). The topological polar surface area (TPSA) is 91.6 Å². The number of piperidine rings is 1. The van der Waals surface area contributed by atoms with E-state index in [4.69, 9.17) is 4.52 Å². The molecule has 1 aromatic heterocycles. The van der Waals surface area contributed by atoms with Crippen LogP contribution in [0.25, 0.3) is 11.4 Å². The third-order valence-electron chi connectivity index (χ3n) is 6.29. The van der Waals surface area contributed by atoms with Gasteiger partial charge in [-0.25, -0.2) is 4.39 Å². The first kappa shape index (κ1) is 24.5. The quantitative estimate of drug-likeness (QED) is 0.555. The maximum Gasteiger partial charge on any atom is 0.243 e. The lowest BCUT2D eigenvalue weighted by atomic mass is 9.98. The van der Waals surface area contributed by atoms with Crippen LogP contribution in [0.3, 0.4) is 0 Å². The maximum absolute atomic E-state index is 13.5. The van der Waals surface area contributed by atoms with Gasteiger partial charge in [0.05, 0.1) is 19.0 Å². The standard InChI is InChI=1S/C26H30FN5O3/c1-17-7-4-8-18(2)24(17)28-22(33)15-31(3)23(34)16-32-12-6-10-20(14-32)26-29-25(30-35-26)19-9-5-11-21(27)13-19/h4-5,7-9,11,13,20H,6,10,12,14-16H2,1-3H3,(H,28,33). The van der Waals surface area contributed by atoms with E-state index >= 15 is 0 Å². The Morgan fingerprint density at radius 3 is 2.69 bits per heavy atom. The van der Waals surface area contributed by atoms with Crippen molar-refractivity contribution in [2.75, 3.05) is 38.5 Å². The maximum atomic E-state index is 13.5. The van der Waals surface area contributed by atoms with Gasteiger partial charge in [0.2, 0.25) is 23.5 Å². The van der Waals surface area contributed by atoms with Gasteiger partial charge in [-0.15, -0.1) is 0 Å². The fourth-order valence-corrected chi connectivity index (χ4v) is 4.35. The average molecular weight is 480 g/mol. The van der Waals surface area contributed by atoms with Crippen LogP contribution in [-0.4, -0.2) is 65.0 Å². The van der Waals surface area contributed by atoms with E-state index in [0.717, 1.165) is 36.2 Å². The molecule has 0 spiro atoms. The number of aromatic nitrogens is 2. The van der Waals surface area contributed by atoms with Crippen molar-refractivity contribution in [1.82, 2.24) is 19.9 Å². The predicted molar refractivity (Wildman–Crippen MR) is 130 cm³/mol. The van der Waals surface area contributed by atoms with E-state index in [9.17, 15) is 14.0 Å². The van der Waals surface area contributed by atoms with Gasteiger partial charge in [0.25, 0.3) is 0 Å². The molecular formula is C26H30FN5O3. The van der Waals surface area contributed by atoms with E-state index in [1.807, 2.05) is 36.9 Å². The Labute approximate surface area is 204 Å². The number of amides is 2. The number of likely N-dealkylation sites (tertiary alicyclic amines) is 1. The second-order valence-corrected chi connectivity index (χ2v) is 9.11. The molecule has 9 heteroatoms. The molecule has 1 fully saturated rings. The first-order chi connectivity index (χ1) is 16.8. The van der Waals surface area contributed by atoms with Crippen molar-refractivity contribution in [3.8, 4) is 11.4 Å². The third kappa shape index (κ3) is 6.10.